The molecule has 0 aliphatic carbocycles. The number of fused-ring (bicyclic) bond motifs is 4. The molecule has 10 aromatic rings. The van der Waals surface area contributed by atoms with E-state index in [2.05, 4.69) is 217 Å². The lowest BCUT2D eigenvalue weighted by Crippen LogP contribution is -2.10. The summed E-state index contributed by atoms with van der Waals surface area (Å²) >= 11 is 1.87. The second-order valence-electron chi connectivity index (χ2n) is 13.7. The minimum atomic E-state index is 1.11. The van der Waals surface area contributed by atoms with Crippen LogP contribution in [0.3, 0.4) is 0 Å². The summed E-state index contributed by atoms with van der Waals surface area (Å²) in [7, 11) is 0. The molecule has 54 heavy (non-hydrogen) atoms. The average molecular weight is 706 g/mol. The van der Waals surface area contributed by atoms with Gasteiger partial charge >= 0.3 is 0 Å². The largest absolute Gasteiger partial charge is 0.309 e. The van der Waals surface area contributed by atoms with Gasteiger partial charge in [-0.3, -0.25) is 0 Å². The molecular weight excluding hydrogens is 671 g/mol. The molecule has 0 aliphatic heterocycles. The Labute approximate surface area is 319 Å². The molecule has 1 heterocycles. The molecule has 0 bridgehead atoms. The van der Waals surface area contributed by atoms with Crippen molar-refractivity contribution in [3.63, 3.8) is 0 Å². The van der Waals surface area contributed by atoms with Crippen molar-refractivity contribution in [1.82, 2.24) is 0 Å². The Balaban J connectivity index is 1.18. The zero-order valence-corrected chi connectivity index (χ0v) is 30.4. The number of thiophene rings is 1. The zero-order valence-electron chi connectivity index (χ0n) is 29.6. The summed E-state index contributed by atoms with van der Waals surface area (Å²) in [5.74, 6) is 0. The fraction of sp³-hybridized carbons (Fsp3) is 0. The van der Waals surface area contributed by atoms with Gasteiger partial charge in [0.15, 0.2) is 0 Å². The summed E-state index contributed by atoms with van der Waals surface area (Å²) in [6.45, 7) is 0. The van der Waals surface area contributed by atoms with Crippen molar-refractivity contribution in [2.45, 2.75) is 0 Å². The minimum absolute atomic E-state index is 1.11. The van der Waals surface area contributed by atoms with Crippen molar-refractivity contribution in [3.05, 3.63) is 212 Å². The van der Waals surface area contributed by atoms with E-state index >= 15 is 0 Å². The van der Waals surface area contributed by atoms with E-state index in [9.17, 15) is 0 Å². The minimum Gasteiger partial charge on any atom is -0.309 e. The quantitative estimate of drug-likeness (QED) is 0.160. The van der Waals surface area contributed by atoms with Gasteiger partial charge in [-0.1, -0.05) is 164 Å². The summed E-state index contributed by atoms with van der Waals surface area (Å²) < 4.78 is 2.57. The van der Waals surface area contributed by atoms with E-state index < -0.39 is 0 Å². The lowest BCUT2D eigenvalue weighted by Gasteiger charge is -2.27. The zero-order chi connectivity index (χ0) is 35.8. The van der Waals surface area contributed by atoms with Crippen molar-refractivity contribution in [1.29, 1.82) is 0 Å². The topological polar surface area (TPSA) is 3.24 Å². The fourth-order valence-electron chi connectivity index (χ4n) is 7.86. The third-order valence-corrected chi connectivity index (χ3v) is 11.7. The van der Waals surface area contributed by atoms with E-state index in [0.717, 1.165) is 11.4 Å². The maximum atomic E-state index is 2.45. The third kappa shape index (κ3) is 5.74. The highest BCUT2D eigenvalue weighted by molar-refractivity contribution is 7.26. The number of rotatable bonds is 7. The summed E-state index contributed by atoms with van der Waals surface area (Å²) in [6.07, 6.45) is 0. The van der Waals surface area contributed by atoms with Gasteiger partial charge in [0.1, 0.15) is 0 Å². The van der Waals surface area contributed by atoms with Crippen molar-refractivity contribution in [2.75, 3.05) is 4.90 Å². The molecule has 2 heteroatoms. The van der Waals surface area contributed by atoms with Crippen molar-refractivity contribution in [3.8, 4) is 44.5 Å². The van der Waals surface area contributed by atoms with Gasteiger partial charge in [-0.15, -0.1) is 11.3 Å². The maximum absolute atomic E-state index is 2.45. The Kier molecular flexibility index (Phi) is 8.09. The summed E-state index contributed by atoms with van der Waals surface area (Å²) in [4.78, 5) is 2.45. The smallest absolute Gasteiger partial charge is 0.0640 e. The van der Waals surface area contributed by atoms with E-state index in [1.807, 2.05) is 11.3 Å². The number of hydrogen-bond donors (Lipinski definition) is 0. The first kappa shape index (κ1) is 32.0. The van der Waals surface area contributed by atoms with Crippen LogP contribution >= 0.6 is 11.3 Å². The van der Waals surface area contributed by atoms with Crippen LogP contribution in [0.1, 0.15) is 0 Å². The second-order valence-corrected chi connectivity index (χ2v) is 14.8. The molecule has 0 N–H and O–H groups in total. The van der Waals surface area contributed by atoms with Gasteiger partial charge in [0.2, 0.25) is 0 Å². The van der Waals surface area contributed by atoms with E-state index in [1.54, 1.807) is 0 Å². The number of benzene rings is 9. The van der Waals surface area contributed by atoms with E-state index in [1.165, 1.54) is 81.1 Å². The second kappa shape index (κ2) is 13.7. The van der Waals surface area contributed by atoms with Crippen LogP contribution in [0.15, 0.2) is 212 Å². The molecule has 0 aliphatic rings. The van der Waals surface area contributed by atoms with Gasteiger partial charge in [-0.2, -0.15) is 0 Å². The van der Waals surface area contributed by atoms with Crippen LogP contribution in [0.4, 0.5) is 17.1 Å². The summed E-state index contributed by atoms with van der Waals surface area (Å²) in [5.41, 5.74) is 13.1. The molecule has 0 spiro atoms. The van der Waals surface area contributed by atoms with Gasteiger partial charge in [-0.05, 0) is 104 Å². The molecule has 1 aromatic heterocycles. The van der Waals surface area contributed by atoms with Crippen LogP contribution < -0.4 is 4.90 Å². The molecule has 0 unspecified atom stereocenters. The van der Waals surface area contributed by atoms with Gasteiger partial charge in [-0.25, -0.2) is 0 Å². The Morgan fingerprint density at radius 3 is 1.43 bits per heavy atom. The monoisotopic (exact) mass is 705 g/mol. The average Bonchev–Trinajstić information content (AvgIpc) is 3.64. The molecule has 0 atom stereocenters. The van der Waals surface area contributed by atoms with Gasteiger partial charge < -0.3 is 4.90 Å². The molecule has 0 fully saturated rings. The van der Waals surface area contributed by atoms with Crippen molar-refractivity contribution >= 4 is 59.3 Å². The van der Waals surface area contributed by atoms with Crippen LogP contribution in [-0.2, 0) is 0 Å². The first-order chi connectivity index (χ1) is 26.8. The van der Waals surface area contributed by atoms with Crippen LogP contribution in [0.25, 0.3) is 75.5 Å². The lowest BCUT2D eigenvalue weighted by atomic mass is 9.91. The predicted molar refractivity (Wildman–Crippen MR) is 233 cm³/mol. The van der Waals surface area contributed by atoms with Crippen LogP contribution in [0, 0.1) is 0 Å². The molecule has 10 rings (SSSR count). The van der Waals surface area contributed by atoms with Crippen molar-refractivity contribution in [2.24, 2.45) is 0 Å². The van der Waals surface area contributed by atoms with Gasteiger partial charge in [0, 0.05) is 26.8 Å². The summed E-state index contributed by atoms with van der Waals surface area (Å²) in [5, 5.41) is 5.06. The highest BCUT2D eigenvalue weighted by Crippen LogP contribution is 2.47. The molecule has 0 saturated carbocycles. The van der Waals surface area contributed by atoms with E-state index in [-0.39, 0.29) is 0 Å². The van der Waals surface area contributed by atoms with Gasteiger partial charge in [0.05, 0.1) is 10.4 Å². The molecule has 1 nitrogen and oxygen atoms in total. The van der Waals surface area contributed by atoms with E-state index in [4.69, 9.17) is 0 Å². The number of anilines is 3. The maximum Gasteiger partial charge on any atom is 0.0640 e. The highest BCUT2D eigenvalue weighted by Gasteiger charge is 2.20. The van der Waals surface area contributed by atoms with Crippen LogP contribution in [0.2, 0.25) is 0 Å². The van der Waals surface area contributed by atoms with Crippen LogP contribution in [0.5, 0.6) is 0 Å². The SMILES string of the molecule is c1ccc(-c2ccc(N(c3ccc(-c4cc5ccccc5cc4-c4ccccc4)cc3)c3cccc4c3sc3ccccc34)cc2-c2ccccc2)cc1. The molecule has 254 valence electrons. The third-order valence-electron chi connectivity index (χ3n) is 10.5. The first-order valence-electron chi connectivity index (χ1n) is 18.4. The molecule has 0 amide bonds. The van der Waals surface area contributed by atoms with Crippen molar-refractivity contribution < 1.29 is 0 Å². The first-order valence-corrected chi connectivity index (χ1v) is 19.2. The number of nitrogens with zero attached hydrogens (tertiary/aromatic N) is 1. The number of hydrogen-bond acceptors (Lipinski definition) is 2. The highest BCUT2D eigenvalue weighted by atomic mass is 32.1. The Morgan fingerprint density at radius 1 is 0.315 bits per heavy atom. The molecule has 0 saturated heterocycles. The van der Waals surface area contributed by atoms with Gasteiger partial charge in [0.25, 0.3) is 0 Å². The summed E-state index contributed by atoms with van der Waals surface area (Å²) in [6, 6.07) is 77.2. The Morgan fingerprint density at radius 2 is 0.796 bits per heavy atom. The molecule has 0 radical (unpaired) electrons. The normalized spacial score (nSPS) is 11.3. The lowest BCUT2D eigenvalue weighted by molar-refractivity contribution is 1.30. The van der Waals surface area contributed by atoms with E-state index in [0.29, 0.717) is 0 Å². The molecule has 9 aromatic carbocycles. The fourth-order valence-corrected chi connectivity index (χ4v) is 9.06. The Hall–Kier alpha value is -6.74. The Bertz CT molecular complexity index is 2910. The molecular formula is C52H35NS. The predicted octanol–water partition coefficient (Wildman–Crippen LogP) is 15.3. The van der Waals surface area contributed by atoms with Crippen LogP contribution in [-0.4, -0.2) is 0 Å². The standard InChI is InChI=1S/C52H35NS/c1-4-15-36(16-5-1)44-32-31-43(35-49(44)38-19-8-3-9-20-38)53(50-25-14-24-46-45-23-12-13-26-51(45)54-52(46)50)42-29-27-39(28-30-42)48-34-41-22-11-10-21-40(41)33-47(48)37-17-6-2-7-18-37/h1-35H.